The zero-order valence-corrected chi connectivity index (χ0v) is 23.3. The van der Waals surface area contributed by atoms with Crippen molar-refractivity contribution in [2.24, 2.45) is 29.4 Å². The molecule has 5 N–H and O–H groups in total. The molecule has 0 saturated heterocycles. The number of nitrogens with one attached hydrogen (secondary N) is 1. The quantitative estimate of drug-likeness (QED) is 0.262. The fraction of sp³-hybridized carbons (Fsp3) is 0.909. The minimum absolute atomic E-state index is 0.122. The average molecular weight is 601 g/mol. The standard InChI is InChI=1S/C22H36N2O11S3/c23-20-17(37(29,30)31)11-16(18-19(20)22(26)15-7-2-1-6-14(15)21(18)25)24-12-4-3-5-13(10-12)36(27,28)9-8-35-38(32,33)34/h12-20,24H,1-11,23H2,(H,29,30,31)(H,32,33,34). The number of ketones is 2. The zero-order chi connectivity index (χ0) is 28.0. The fourth-order valence-corrected chi connectivity index (χ4v) is 10.3. The van der Waals surface area contributed by atoms with Crippen LogP contribution in [0.5, 0.6) is 0 Å². The second-order valence-electron chi connectivity index (χ2n) is 11.1. The first-order valence-corrected chi connectivity index (χ1v) is 17.6. The van der Waals surface area contributed by atoms with Gasteiger partial charge in [0.15, 0.2) is 9.84 Å². The molecule has 4 rings (SSSR count). The number of hydrogen-bond acceptors (Lipinski definition) is 11. The van der Waals surface area contributed by atoms with Gasteiger partial charge in [0.2, 0.25) is 0 Å². The Labute approximate surface area is 223 Å². The first-order valence-electron chi connectivity index (χ1n) is 13.0. The summed E-state index contributed by atoms with van der Waals surface area (Å²) in [5, 5.41) is 0.984. The van der Waals surface area contributed by atoms with E-state index in [0.717, 1.165) is 12.8 Å². The molecule has 4 aliphatic carbocycles. The van der Waals surface area contributed by atoms with Crippen molar-refractivity contribution in [3.05, 3.63) is 0 Å². The third kappa shape index (κ3) is 6.32. The molecular formula is C22H36N2O11S3. The second-order valence-corrected chi connectivity index (χ2v) is 16.2. The van der Waals surface area contributed by atoms with Gasteiger partial charge in [-0.15, -0.1) is 0 Å². The summed E-state index contributed by atoms with van der Waals surface area (Å²) in [4.78, 5) is 27.2. The van der Waals surface area contributed by atoms with Gasteiger partial charge >= 0.3 is 10.4 Å². The molecule has 0 radical (unpaired) electrons. The average Bonchev–Trinajstić information content (AvgIpc) is 2.82. The van der Waals surface area contributed by atoms with Crippen molar-refractivity contribution >= 4 is 41.9 Å². The number of carbonyl (C=O) groups is 2. The number of rotatable bonds is 8. The highest BCUT2D eigenvalue weighted by Gasteiger charge is 2.59. The molecule has 38 heavy (non-hydrogen) atoms. The highest BCUT2D eigenvalue weighted by atomic mass is 32.3. The second kappa shape index (κ2) is 11.1. The van der Waals surface area contributed by atoms with Gasteiger partial charge in [-0.2, -0.15) is 16.8 Å². The number of fused-ring (bicyclic) bond motifs is 2. The van der Waals surface area contributed by atoms with Crippen molar-refractivity contribution in [1.29, 1.82) is 0 Å². The summed E-state index contributed by atoms with van der Waals surface area (Å²) in [7, 11) is -13.2. The summed E-state index contributed by atoms with van der Waals surface area (Å²) in [6.07, 6.45) is 4.04. The summed E-state index contributed by atoms with van der Waals surface area (Å²) in [6.45, 7) is -0.727. The molecule has 0 heterocycles. The van der Waals surface area contributed by atoms with Crippen LogP contribution in [0.1, 0.15) is 57.8 Å². The lowest BCUT2D eigenvalue weighted by molar-refractivity contribution is -0.153. The van der Waals surface area contributed by atoms with Crippen LogP contribution in [0.15, 0.2) is 0 Å². The first-order chi connectivity index (χ1) is 17.6. The maximum absolute atomic E-state index is 13.7. The zero-order valence-electron chi connectivity index (χ0n) is 20.8. The van der Waals surface area contributed by atoms with Gasteiger partial charge in [0.25, 0.3) is 10.1 Å². The molecule has 9 atom stereocenters. The molecule has 0 spiro atoms. The Bertz CT molecular complexity index is 1250. The lowest BCUT2D eigenvalue weighted by Crippen LogP contribution is -2.68. The Hall–Kier alpha value is -1.01. The summed E-state index contributed by atoms with van der Waals surface area (Å²) in [5.41, 5.74) is 6.25. The van der Waals surface area contributed by atoms with Crippen molar-refractivity contribution < 1.29 is 48.1 Å². The number of Topliss-reactive ketones (excluding diaryl/α,β-unsaturated/α-hetero) is 2. The third-order valence-electron chi connectivity index (χ3n) is 8.87. The van der Waals surface area contributed by atoms with Crippen LogP contribution in [-0.4, -0.2) is 86.9 Å². The maximum Gasteiger partial charge on any atom is 0.397 e. The van der Waals surface area contributed by atoms with E-state index in [1.165, 1.54) is 0 Å². The molecule has 16 heteroatoms. The third-order valence-corrected chi connectivity index (χ3v) is 12.8. The Morgan fingerprint density at radius 3 is 2.03 bits per heavy atom. The predicted octanol–water partition coefficient (Wildman–Crippen LogP) is -0.332. The van der Waals surface area contributed by atoms with Crippen LogP contribution in [0.4, 0.5) is 0 Å². The molecule has 4 aliphatic rings. The lowest BCUT2D eigenvalue weighted by atomic mass is 9.56. The van der Waals surface area contributed by atoms with Gasteiger partial charge in [-0.25, -0.2) is 12.6 Å². The number of carbonyl (C=O) groups excluding carboxylic acids is 2. The van der Waals surface area contributed by atoms with E-state index >= 15 is 0 Å². The monoisotopic (exact) mass is 600 g/mol. The number of sulfone groups is 1. The van der Waals surface area contributed by atoms with E-state index in [0.29, 0.717) is 32.1 Å². The topological polar surface area (TPSA) is 224 Å². The summed E-state index contributed by atoms with van der Waals surface area (Å²) in [5.74, 6) is -3.83. The van der Waals surface area contributed by atoms with Gasteiger partial charge in [0, 0.05) is 41.8 Å². The molecule has 0 aromatic carbocycles. The number of nitrogens with two attached hydrogens (primary N) is 1. The van der Waals surface area contributed by atoms with Gasteiger partial charge in [-0.1, -0.05) is 19.3 Å². The van der Waals surface area contributed by atoms with E-state index in [4.69, 9.17) is 10.3 Å². The van der Waals surface area contributed by atoms with Gasteiger partial charge in [-0.05, 0) is 38.5 Å². The van der Waals surface area contributed by atoms with E-state index < -0.39 is 95.0 Å². The minimum Gasteiger partial charge on any atom is -0.326 e. The Morgan fingerprint density at radius 1 is 0.842 bits per heavy atom. The molecule has 0 amide bonds. The number of hydrogen-bond donors (Lipinski definition) is 4. The normalized spacial score (nSPS) is 38.9. The molecule has 4 fully saturated rings. The SMILES string of the molecule is NC1C2C(=O)C3CCCCC3C(=O)C2C(NC2CCCC(S(=O)(=O)CCOS(=O)(=O)O)C2)CC1S(=O)(=O)O. The Balaban J connectivity index is 1.55. The van der Waals surface area contributed by atoms with E-state index in [2.05, 4.69) is 9.50 Å². The molecule has 218 valence electrons. The van der Waals surface area contributed by atoms with Crippen molar-refractivity contribution in [3.63, 3.8) is 0 Å². The van der Waals surface area contributed by atoms with Crippen LogP contribution < -0.4 is 11.1 Å². The van der Waals surface area contributed by atoms with E-state index in [9.17, 15) is 39.4 Å². The predicted molar refractivity (Wildman–Crippen MR) is 135 cm³/mol. The van der Waals surface area contributed by atoms with Gasteiger partial charge < -0.3 is 11.1 Å². The lowest BCUT2D eigenvalue weighted by Gasteiger charge is -2.51. The van der Waals surface area contributed by atoms with E-state index in [-0.39, 0.29) is 24.4 Å². The van der Waals surface area contributed by atoms with Crippen molar-refractivity contribution in [2.75, 3.05) is 12.4 Å². The Kier molecular flexibility index (Phi) is 8.76. The molecule has 4 saturated carbocycles. The summed E-state index contributed by atoms with van der Waals surface area (Å²) < 4.78 is 94.3. The van der Waals surface area contributed by atoms with E-state index in [1.54, 1.807) is 0 Å². The van der Waals surface area contributed by atoms with Crippen LogP contribution in [-0.2, 0) is 44.1 Å². The van der Waals surface area contributed by atoms with Gasteiger partial charge in [0.05, 0.1) is 17.6 Å². The smallest absolute Gasteiger partial charge is 0.326 e. The highest BCUT2D eigenvalue weighted by Crippen LogP contribution is 2.47. The molecule has 13 nitrogen and oxygen atoms in total. The highest BCUT2D eigenvalue weighted by molar-refractivity contribution is 7.92. The van der Waals surface area contributed by atoms with Crippen LogP contribution >= 0.6 is 0 Å². The molecule has 9 unspecified atom stereocenters. The van der Waals surface area contributed by atoms with Crippen molar-refractivity contribution in [3.8, 4) is 0 Å². The summed E-state index contributed by atoms with van der Waals surface area (Å²) >= 11 is 0. The molecule has 0 bridgehead atoms. The van der Waals surface area contributed by atoms with Gasteiger partial charge in [-0.3, -0.25) is 18.7 Å². The largest absolute Gasteiger partial charge is 0.397 e. The Morgan fingerprint density at radius 2 is 1.45 bits per heavy atom. The molecule has 0 aromatic rings. The van der Waals surface area contributed by atoms with Crippen LogP contribution in [0.25, 0.3) is 0 Å². The fourth-order valence-electron chi connectivity index (χ4n) is 7.16. The first kappa shape index (κ1) is 30.0. The van der Waals surface area contributed by atoms with E-state index in [1.807, 2.05) is 0 Å². The van der Waals surface area contributed by atoms with Crippen molar-refractivity contribution in [2.45, 2.75) is 86.4 Å². The van der Waals surface area contributed by atoms with Gasteiger partial charge in [0.1, 0.15) is 16.8 Å². The molecule has 0 aliphatic heterocycles. The van der Waals surface area contributed by atoms with Crippen LogP contribution in [0, 0.1) is 23.7 Å². The van der Waals surface area contributed by atoms with Crippen molar-refractivity contribution in [1.82, 2.24) is 5.32 Å². The summed E-state index contributed by atoms with van der Waals surface area (Å²) in [6, 6.07) is -2.45. The van der Waals surface area contributed by atoms with Crippen LogP contribution in [0.2, 0.25) is 0 Å². The molecule has 0 aromatic heterocycles. The van der Waals surface area contributed by atoms with Crippen LogP contribution in [0.3, 0.4) is 0 Å². The molecular weight excluding hydrogens is 564 g/mol. The maximum atomic E-state index is 13.7. The minimum atomic E-state index is -4.77.